The normalized spacial score (nSPS) is 17.7. The van der Waals surface area contributed by atoms with Crippen LogP contribution < -0.4 is 10.7 Å². The molecule has 3 heterocycles. The third-order valence-electron chi connectivity index (χ3n) is 5.88. The Morgan fingerprint density at radius 2 is 2.03 bits per heavy atom. The SMILES string of the molecule is Cc1[nH]c(C=C2C(=O)NN=C2C2CC2)c(C(C)C)c1CCCNCc1ccncc1. The number of carbonyl (C=O) groups excluding carboxylic acids is 1. The predicted molar refractivity (Wildman–Crippen MR) is 120 cm³/mol. The maximum Gasteiger partial charge on any atom is 0.273 e. The van der Waals surface area contributed by atoms with Gasteiger partial charge in [-0.25, -0.2) is 5.43 Å². The van der Waals surface area contributed by atoms with E-state index in [-0.39, 0.29) is 5.91 Å². The van der Waals surface area contributed by atoms with Crippen LogP contribution in [-0.2, 0) is 17.8 Å². The zero-order valence-electron chi connectivity index (χ0n) is 18.1. The lowest BCUT2D eigenvalue weighted by molar-refractivity contribution is -0.116. The molecule has 0 aromatic carbocycles. The highest BCUT2D eigenvalue weighted by Crippen LogP contribution is 2.36. The average molecular weight is 406 g/mol. The first kappa shape index (κ1) is 20.5. The van der Waals surface area contributed by atoms with Crippen LogP contribution in [0.3, 0.4) is 0 Å². The Bertz CT molecular complexity index is 967. The number of hydrogen-bond donors (Lipinski definition) is 3. The molecule has 0 radical (unpaired) electrons. The number of carbonyl (C=O) groups is 1. The molecule has 4 rings (SSSR count). The van der Waals surface area contributed by atoms with Crippen LogP contribution >= 0.6 is 0 Å². The van der Waals surface area contributed by atoms with E-state index in [0.717, 1.165) is 55.8 Å². The van der Waals surface area contributed by atoms with Crippen molar-refractivity contribution >= 4 is 17.7 Å². The average Bonchev–Trinajstić information content (AvgIpc) is 3.44. The number of aryl methyl sites for hydroxylation is 1. The van der Waals surface area contributed by atoms with Crippen LogP contribution in [0.2, 0.25) is 0 Å². The lowest BCUT2D eigenvalue weighted by Gasteiger charge is -2.11. The molecule has 3 N–H and O–H groups in total. The van der Waals surface area contributed by atoms with Gasteiger partial charge in [-0.1, -0.05) is 13.8 Å². The van der Waals surface area contributed by atoms with Gasteiger partial charge in [0, 0.05) is 36.2 Å². The van der Waals surface area contributed by atoms with Crippen LogP contribution in [0.5, 0.6) is 0 Å². The highest BCUT2D eigenvalue weighted by molar-refractivity contribution is 6.28. The minimum absolute atomic E-state index is 0.0827. The van der Waals surface area contributed by atoms with Crippen LogP contribution in [0.15, 0.2) is 35.2 Å². The van der Waals surface area contributed by atoms with Gasteiger partial charge in [0.25, 0.3) is 5.91 Å². The highest BCUT2D eigenvalue weighted by Gasteiger charge is 2.36. The number of nitrogens with zero attached hydrogens (tertiary/aromatic N) is 2. The van der Waals surface area contributed by atoms with Crippen LogP contribution in [-0.4, -0.2) is 28.1 Å². The van der Waals surface area contributed by atoms with Gasteiger partial charge in [0.05, 0.1) is 11.3 Å². The third kappa shape index (κ3) is 4.54. The smallest absolute Gasteiger partial charge is 0.273 e. The summed E-state index contributed by atoms with van der Waals surface area (Å²) in [6.07, 6.45) is 10.0. The molecule has 1 saturated carbocycles. The Kier molecular flexibility index (Phi) is 6.13. The molecule has 2 aromatic heterocycles. The number of aromatic nitrogens is 2. The van der Waals surface area contributed by atoms with Crippen molar-refractivity contribution in [3.05, 3.63) is 58.2 Å². The van der Waals surface area contributed by atoms with Crippen molar-refractivity contribution in [2.75, 3.05) is 6.54 Å². The standard InChI is InChI=1S/C24H31N5O/c1-15(2)22-19(5-4-10-26-14-17-8-11-25-12-9-17)16(3)27-21(22)13-20-23(18-6-7-18)28-29-24(20)30/h8-9,11-13,15,18,26-27H,4-7,10,14H2,1-3H3,(H,29,30). The molecular weight excluding hydrogens is 374 g/mol. The third-order valence-corrected chi connectivity index (χ3v) is 5.88. The fraction of sp³-hybridized carbons (Fsp3) is 0.458. The second-order valence-electron chi connectivity index (χ2n) is 8.62. The number of hydrazone groups is 1. The number of rotatable bonds is 9. The van der Waals surface area contributed by atoms with Crippen LogP contribution in [0.4, 0.5) is 0 Å². The second-order valence-corrected chi connectivity index (χ2v) is 8.62. The summed E-state index contributed by atoms with van der Waals surface area (Å²) in [6.45, 7) is 8.41. The molecule has 30 heavy (non-hydrogen) atoms. The highest BCUT2D eigenvalue weighted by atomic mass is 16.2. The topological polar surface area (TPSA) is 82.2 Å². The van der Waals surface area contributed by atoms with E-state index in [0.29, 0.717) is 11.8 Å². The molecule has 1 aliphatic carbocycles. The monoisotopic (exact) mass is 405 g/mol. The fourth-order valence-corrected chi connectivity index (χ4v) is 4.23. The van der Waals surface area contributed by atoms with E-state index in [9.17, 15) is 4.79 Å². The summed E-state index contributed by atoms with van der Waals surface area (Å²) in [5.41, 5.74) is 10.5. The van der Waals surface area contributed by atoms with Gasteiger partial charge in [0.15, 0.2) is 0 Å². The number of hydrogen-bond acceptors (Lipinski definition) is 4. The van der Waals surface area contributed by atoms with Crippen LogP contribution in [0, 0.1) is 12.8 Å². The molecule has 1 fully saturated rings. The first-order chi connectivity index (χ1) is 14.5. The molecule has 0 bridgehead atoms. The van der Waals surface area contributed by atoms with Gasteiger partial charge >= 0.3 is 0 Å². The molecule has 1 aliphatic heterocycles. The zero-order chi connectivity index (χ0) is 21.1. The van der Waals surface area contributed by atoms with Gasteiger partial charge in [-0.15, -0.1) is 0 Å². The van der Waals surface area contributed by atoms with E-state index < -0.39 is 0 Å². The minimum Gasteiger partial charge on any atom is -0.359 e. The molecular formula is C24H31N5O. The number of nitrogens with one attached hydrogen (secondary N) is 3. The van der Waals surface area contributed by atoms with Gasteiger partial charge in [-0.3, -0.25) is 9.78 Å². The maximum absolute atomic E-state index is 12.3. The van der Waals surface area contributed by atoms with E-state index in [4.69, 9.17) is 0 Å². The van der Waals surface area contributed by atoms with Gasteiger partial charge in [-0.05, 0) is 80.0 Å². The Morgan fingerprint density at radius 3 is 2.73 bits per heavy atom. The first-order valence-corrected chi connectivity index (χ1v) is 11.0. The molecule has 1 amide bonds. The molecule has 0 atom stereocenters. The molecule has 2 aliphatic rings. The van der Waals surface area contributed by atoms with Gasteiger partial charge in [0.1, 0.15) is 0 Å². The van der Waals surface area contributed by atoms with E-state index in [1.807, 2.05) is 30.6 Å². The summed E-state index contributed by atoms with van der Waals surface area (Å²) in [6, 6.07) is 4.08. The van der Waals surface area contributed by atoms with Crippen molar-refractivity contribution < 1.29 is 4.79 Å². The number of pyridine rings is 1. The van der Waals surface area contributed by atoms with E-state index in [1.165, 1.54) is 22.4 Å². The summed E-state index contributed by atoms with van der Waals surface area (Å²) < 4.78 is 0. The lowest BCUT2D eigenvalue weighted by atomic mass is 9.93. The fourth-order valence-electron chi connectivity index (χ4n) is 4.23. The molecule has 6 heteroatoms. The first-order valence-electron chi connectivity index (χ1n) is 11.0. The molecule has 0 unspecified atom stereocenters. The number of aromatic amines is 1. The molecule has 2 aromatic rings. The van der Waals surface area contributed by atoms with Gasteiger partial charge in [0.2, 0.25) is 0 Å². The Balaban J connectivity index is 1.45. The van der Waals surface area contributed by atoms with Crippen molar-refractivity contribution in [2.45, 2.75) is 58.9 Å². The second kappa shape index (κ2) is 8.96. The van der Waals surface area contributed by atoms with Gasteiger partial charge in [-0.2, -0.15) is 5.10 Å². The molecule has 0 spiro atoms. The summed E-state index contributed by atoms with van der Waals surface area (Å²) in [4.78, 5) is 19.9. The number of amides is 1. The molecule has 158 valence electrons. The molecule has 0 saturated heterocycles. The Labute approximate surface area is 178 Å². The van der Waals surface area contributed by atoms with E-state index >= 15 is 0 Å². The van der Waals surface area contributed by atoms with Gasteiger partial charge < -0.3 is 10.3 Å². The summed E-state index contributed by atoms with van der Waals surface area (Å²) >= 11 is 0. The largest absolute Gasteiger partial charge is 0.359 e. The van der Waals surface area contributed by atoms with E-state index in [2.05, 4.69) is 46.6 Å². The Hall–Kier alpha value is -2.73. The van der Waals surface area contributed by atoms with Crippen LogP contribution in [0.1, 0.15) is 67.1 Å². The van der Waals surface area contributed by atoms with Crippen molar-refractivity contribution in [3.63, 3.8) is 0 Å². The summed E-state index contributed by atoms with van der Waals surface area (Å²) in [5.74, 6) is 0.743. The lowest BCUT2D eigenvalue weighted by Crippen LogP contribution is -2.15. The quantitative estimate of drug-likeness (QED) is 0.438. The van der Waals surface area contributed by atoms with Crippen molar-refractivity contribution in [3.8, 4) is 0 Å². The van der Waals surface area contributed by atoms with Crippen molar-refractivity contribution in [2.24, 2.45) is 11.0 Å². The number of H-pyrrole nitrogens is 1. The summed E-state index contributed by atoms with van der Waals surface area (Å²) in [5, 5.41) is 7.80. The van der Waals surface area contributed by atoms with Crippen molar-refractivity contribution in [1.82, 2.24) is 20.7 Å². The maximum atomic E-state index is 12.3. The minimum atomic E-state index is -0.0827. The predicted octanol–water partition coefficient (Wildman–Crippen LogP) is 3.84. The van der Waals surface area contributed by atoms with Crippen molar-refractivity contribution in [1.29, 1.82) is 0 Å². The van der Waals surface area contributed by atoms with Crippen LogP contribution in [0.25, 0.3) is 6.08 Å². The zero-order valence-corrected chi connectivity index (χ0v) is 18.1. The van der Waals surface area contributed by atoms with E-state index in [1.54, 1.807) is 0 Å². The molecule has 6 nitrogen and oxygen atoms in total. The Morgan fingerprint density at radius 1 is 1.27 bits per heavy atom. The summed E-state index contributed by atoms with van der Waals surface area (Å²) in [7, 11) is 0.